The molecule has 1 saturated carbocycles. The fourth-order valence-corrected chi connectivity index (χ4v) is 2.95. The normalized spacial score (nSPS) is 15.2. The summed E-state index contributed by atoms with van der Waals surface area (Å²) in [4.78, 5) is 12.0. The zero-order valence-electron chi connectivity index (χ0n) is 14.3. The molecule has 0 saturated heterocycles. The van der Waals surface area contributed by atoms with Crippen LogP contribution < -0.4 is 15.4 Å². The predicted molar refractivity (Wildman–Crippen MR) is 95.1 cm³/mol. The molecule has 0 radical (unpaired) electrons. The molecule has 0 heterocycles. The van der Waals surface area contributed by atoms with Gasteiger partial charge in [-0.05, 0) is 43.5 Å². The van der Waals surface area contributed by atoms with Gasteiger partial charge in [-0.25, -0.2) is 4.79 Å². The van der Waals surface area contributed by atoms with Gasteiger partial charge in [0.25, 0.3) is 0 Å². The molecule has 2 rings (SSSR count). The summed E-state index contributed by atoms with van der Waals surface area (Å²) in [5.74, 6) is 0.861. The molecule has 2 N–H and O–H groups in total. The summed E-state index contributed by atoms with van der Waals surface area (Å²) >= 11 is 0. The Morgan fingerprint density at radius 2 is 1.83 bits per heavy atom. The van der Waals surface area contributed by atoms with Crippen LogP contribution in [0.25, 0.3) is 0 Å². The number of ether oxygens (including phenoxy) is 1. The van der Waals surface area contributed by atoms with Gasteiger partial charge >= 0.3 is 6.03 Å². The quantitative estimate of drug-likeness (QED) is 0.655. The van der Waals surface area contributed by atoms with E-state index in [1.54, 1.807) is 0 Å². The van der Waals surface area contributed by atoms with Crippen molar-refractivity contribution in [3.8, 4) is 5.75 Å². The molecule has 128 valence electrons. The molecule has 1 fully saturated rings. The number of benzene rings is 1. The minimum absolute atomic E-state index is 0.106. The Kier molecular flexibility index (Phi) is 7.78. The largest absolute Gasteiger partial charge is 0.494 e. The Balaban J connectivity index is 1.68. The predicted octanol–water partition coefficient (Wildman–Crippen LogP) is 5.10. The zero-order valence-corrected chi connectivity index (χ0v) is 14.3. The second kappa shape index (κ2) is 10.1. The maximum absolute atomic E-state index is 12.0. The van der Waals surface area contributed by atoms with E-state index in [0.29, 0.717) is 6.04 Å². The number of hydrogen-bond acceptors (Lipinski definition) is 2. The Bertz CT molecular complexity index is 453. The Morgan fingerprint density at radius 1 is 1.09 bits per heavy atom. The van der Waals surface area contributed by atoms with Crippen LogP contribution in [0.15, 0.2) is 24.3 Å². The molecule has 0 aliphatic heterocycles. The maximum Gasteiger partial charge on any atom is 0.319 e. The van der Waals surface area contributed by atoms with Crippen LogP contribution in [-0.2, 0) is 0 Å². The standard InChI is InChI=1S/C19H30N2O2/c1-2-3-4-8-15-23-18-13-11-17(12-14-18)21-19(22)20-16-9-6-5-7-10-16/h11-14,16H,2-10,15H2,1H3,(H2,20,21,22). The molecule has 0 aromatic heterocycles. The summed E-state index contributed by atoms with van der Waals surface area (Å²) in [7, 11) is 0. The molecule has 4 nitrogen and oxygen atoms in total. The average molecular weight is 318 g/mol. The molecular formula is C19H30N2O2. The van der Waals surface area contributed by atoms with Gasteiger partial charge in [-0.2, -0.15) is 0 Å². The highest BCUT2D eigenvalue weighted by Gasteiger charge is 2.15. The van der Waals surface area contributed by atoms with Crippen molar-refractivity contribution in [1.29, 1.82) is 0 Å². The van der Waals surface area contributed by atoms with E-state index in [0.717, 1.165) is 37.3 Å². The van der Waals surface area contributed by atoms with Crippen molar-refractivity contribution < 1.29 is 9.53 Å². The summed E-state index contributed by atoms with van der Waals surface area (Å²) in [6, 6.07) is 7.83. The molecule has 1 aromatic rings. The molecule has 1 aliphatic carbocycles. The second-order valence-corrected chi connectivity index (χ2v) is 6.37. The molecular weight excluding hydrogens is 288 g/mol. The van der Waals surface area contributed by atoms with Gasteiger partial charge in [-0.3, -0.25) is 0 Å². The molecule has 0 atom stereocenters. The third-order valence-electron chi connectivity index (χ3n) is 4.32. The summed E-state index contributed by atoms with van der Waals surface area (Å²) in [6.45, 7) is 2.96. The van der Waals surface area contributed by atoms with Crippen molar-refractivity contribution in [2.24, 2.45) is 0 Å². The lowest BCUT2D eigenvalue weighted by atomic mass is 9.96. The highest BCUT2D eigenvalue weighted by atomic mass is 16.5. The van der Waals surface area contributed by atoms with Crippen molar-refractivity contribution in [2.75, 3.05) is 11.9 Å². The smallest absolute Gasteiger partial charge is 0.319 e. The van der Waals surface area contributed by atoms with Crippen molar-refractivity contribution in [3.05, 3.63) is 24.3 Å². The minimum atomic E-state index is -0.106. The van der Waals surface area contributed by atoms with Gasteiger partial charge in [-0.15, -0.1) is 0 Å². The number of carbonyl (C=O) groups is 1. The van der Waals surface area contributed by atoms with Gasteiger partial charge in [0.05, 0.1) is 6.61 Å². The van der Waals surface area contributed by atoms with Crippen LogP contribution in [0, 0.1) is 0 Å². The van der Waals surface area contributed by atoms with Crippen molar-refractivity contribution in [1.82, 2.24) is 5.32 Å². The third kappa shape index (κ3) is 6.93. The van der Waals surface area contributed by atoms with Gasteiger partial charge in [0.15, 0.2) is 0 Å². The highest BCUT2D eigenvalue weighted by Crippen LogP contribution is 2.18. The van der Waals surface area contributed by atoms with Crippen molar-refractivity contribution >= 4 is 11.7 Å². The molecule has 0 spiro atoms. The number of nitrogens with one attached hydrogen (secondary N) is 2. The van der Waals surface area contributed by atoms with Gasteiger partial charge in [0.2, 0.25) is 0 Å². The van der Waals surface area contributed by atoms with E-state index in [4.69, 9.17) is 4.74 Å². The summed E-state index contributed by atoms with van der Waals surface area (Å²) in [6.07, 6.45) is 10.7. The molecule has 4 heteroatoms. The zero-order chi connectivity index (χ0) is 16.3. The van der Waals surface area contributed by atoms with Crippen molar-refractivity contribution in [3.63, 3.8) is 0 Å². The lowest BCUT2D eigenvalue weighted by molar-refractivity contribution is 0.244. The van der Waals surface area contributed by atoms with Gasteiger partial charge in [0, 0.05) is 11.7 Å². The topological polar surface area (TPSA) is 50.4 Å². The van der Waals surface area contributed by atoms with Crippen LogP contribution in [-0.4, -0.2) is 18.7 Å². The van der Waals surface area contributed by atoms with E-state index >= 15 is 0 Å². The summed E-state index contributed by atoms with van der Waals surface area (Å²) in [5, 5.41) is 5.95. The van der Waals surface area contributed by atoms with Crippen LogP contribution in [0.2, 0.25) is 0 Å². The molecule has 1 aliphatic rings. The Labute approximate surface area is 140 Å². The number of urea groups is 1. The summed E-state index contributed by atoms with van der Waals surface area (Å²) in [5.41, 5.74) is 0.802. The number of carbonyl (C=O) groups excluding carboxylic acids is 1. The maximum atomic E-state index is 12.0. The number of hydrogen-bond donors (Lipinski definition) is 2. The van der Waals surface area contributed by atoms with Crippen LogP contribution in [0.3, 0.4) is 0 Å². The van der Waals surface area contributed by atoms with Gasteiger partial charge in [0.1, 0.15) is 5.75 Å². The molecule has 0 bridgehead atoms. The number of rotatable bonds is 8. The van der Waals surface area contributed by atoms with Gasteiger partial charge < -0.3 is 15.4 Å². The highest BCUT2D eigenvalue weighted by molar-refractivity contribution is 5.89. The van der Waals surface area contributed by atoms with Crippen LogP contribution in [0.1, 0.15) is 64.7 Å². The lowest BCUT2D eigenvalue weighted by Crippen LogP contribution is -2.38. The fourth-order valence-electron chi connectivity index (χ4n) is 2.95. The van der Waals surface area contributed by atoms with Crippen LogP contribution >= 0.6 is 0 Å². The summed E-state index contributed by atoms with van der Waals surface area (Å²) < 4.78 is 5.71. The van der Waals surface area contributed by atoms with E-state index in [9.17, 15) is 4.79 Å². The number of amides is 2. The number of unbranched alkanes of at least 4 members (excludes halogenated alkanes) is 3. The molecule has 23 heavy (non-hydrogen) atoms. The Morgan fingerprint density at radius 3 is 2.52 bits per heavy atom. The Hall–Kier alpha value is -1.71. The van der Waals surface area contributed by atoms with Gasteiger partial charge in [-0.1, -0.05) is 45.4 Å². The SMILES string of the molecule is CCCCCCOc1ccc(NC(=O)NC2CCCCC2)cc1. The minimum Gasteiger partial charge on any atom is -0.494 e. The first-order valence-electron chi connectivity index (χ1n) is 9.08. The first kappa shape index (κ1) is 17.6. The third-order valence-corrected chi connectivity index (χ3v) is 4.32. The van der Waals surface area contributed by atoms with E-state index in [-0.39, 0.29) is 6.03 Å². The first-order valence-corrected chi connectivity index (χ1v) is 9.08. The van der Waals surface area contributed by atoms with E-state index in [2.05, 4.69) is 17.6 Å². The van der Waals surface area contributed by atoms with Crippen LogP contribution in [0.5, 0.6) is 5.75 Å². The van der Waals surface area contributed by atoms with E-state index in [1.165, 1.54) is 38.5 Å². The fraction of sp³-hybridized carbons (Fsp3) is 0.632. The molecule has 0 unspecified atom stereocenters. The first-order chi connectivity index (χ1) is 11.3. The van der Waals surface area contributed by atoms with Crippen LogP contribution in [0.4, 0.5) is 10.5 Å². The van der Waals surface area contributed by atoms with E-state index < -0.39 is 0 Å². The second-order valence-electron chi connectivity index (χ2n) is 6.37. The molecule has 1 aromatic carbocycles. The monoisotopic (exact) mass is 318 g/mol. The van der Waals surface area contributed by atoms with Crippen molar-refractivity contribution in [2.45, 2.75) is 70.8 Å². The van der Waals surface area contributed by atoms with E-state index in [1.807, 2.05) is 24.3 Å². The molecule has 2 amide bonds. The number of anilines is 1. The lowest BCUT2D eigenvalue weighted by Gasteiger charge is -2.22. The average Bonchev–Trinajstić information content (AvgIpc) is 2.57.